The highest BCUT2D eigenvalue weighted by atomic mass is 16.5. The van der Waals surface area contributed by atoms with Crippen molar-refractivity contribution in [3.8, 4) is 0 Å². The molecule has 1 aliphatic heterocycles. The van der Waals surface area contributed by atoms with E-state index in [2.05, 4.69) is 10.1 Å². The molecule has 1 atom stereocenters. The van der Waals surface area contributed by atoms with Crippen molar-refractivity contribution >= 4 is 5.97 Å². The maximum Gasteiger partial charge on any atom is 0.337 e. The molecule has 0 aromatic heterocycles. The number of methoxy groups -OCH3 is 1. The molecule has 2 rings (SSSR count). The largest absolute Gasteiger partial charge is 0.465 e. The Kier molecular flexibility index (Phi) is 3.02. The van der Waals surface area contributed by atoms with Gasteiger partial charge in [0, 0.05) is 6.04 Å². The fraction of sp³-hybridized carbons (Fsp3) is 0.417. The Morgan fingerprint density at radius 1 is 1.40 bits per heavy atom. The molecule has 1 aromatic rings. The number of nitrogens with one attached hydrogen (secondary N) is 1. The lowest BCUT2D eigenvalue weighted by Crippen LogP contribution is -2.13. The van der Waals surface area contributed by atoms with Crippen molar-refractivity contribution in [1.29, 1.82) is 0 Å². The van der Waals surface area contributed by atoms with Crippen LogP contribution < -0.4 is 5.32 Å². The number of benzene rings is 1. The van der Waals surface area contributed by atoms with Crippen LogP contribution in [0, 0.1) is 0 Å². The summed E-state index contributed by atoms with van der Waals surface area (Å²) in [5.74, 6) is -0.277. The van der Waals surface area contributed by atoms with Crippen molar-refractivity contribution in [1.82, 2.24) is 5.32 Å². The minimum Gasteiger partial charge on any atom is -0.465 e. The Hall–Kier alpha value is -1.35. The number of rotatable bonds is 2. The van der Waals surface area contributed by atoms with Gasteiger partial charge in [-0.2, -0.15) is 0 Å². The molecular weight excluding hydrogens is 190 g/mol. The standard InChI is InChI=1S/C12H15NO2/c1-15-12(14)10-6-4-9(5-7-10)11-3-2-8-13-11/h4-7,11,13H,2-3,8H2,1H3. The molecule has 0 aliphatic carbocycles. The van der Waals surface area contributed by atoms with Crippen LogP contribution in [0.2, 0.25) is 0 Å². The predicted molar refractivity (Wildman–Crippen MR) is 57.8 cm³/mol. The second-order valence-electron chi connectivity index (χ2n) is 3.76. The van der Waals surface area contributed by atoms with E-state index in [0.29, 0.717) is 11.6 Å². The Morgan fingerprint density at radius 3 is 2.67 bits per heavy atom. The molecule has 0 amide bonds. The van der Waals surface area contributed by atoms with Gasteiger partial charge in [-0.05, 0) is 37.1 Å². The van der Waals surface area contributed by atoms with Crippen molar-refractivity contribution in [2.45, 2.75) is 18.9 Å². The van der Waals surface area contributed by atoms with Crippen LogP contribution in [-0.2, 0) is 4.74 Å². The zero-order valence-electron chi connectivity index (χ0n) is 8.82. The van der Waals surface area contributed by atoms with Crippen LogP contribution in [0.1, 0.15) is 34.8 Å². The van der Waals surface area contributed by atoms with Crippen LogP contribution in [0.15, 0.2) is 24.3 Å². The molecule has 15 heavy (non-hydrogen) atoms. The zero-order chi connectivity index (χ0) is 10.7. The normalized spacial score (nSPS) is 20.2. The van der Waals surface area contributed by atoms with Crippen LogP contribution in [0.25, 0.3) is 0 Å². The van der Waals surface area contributed by atoms with E-state index < -0.39 is 0 Å². The smallest absolute Gasteiger partial charge is 0.337 e. The Balaban J connectivity index is 2.12. The first kappa shape index (κ1) is 10.2. The van der Waals surface area contributed by atoms with Crippen molar-refractivity contribution in [3.05, 3.63) is 35.4 Å². The number of carbonyl (C=O) groups is 1. The molecule has 0 bridgehead atoms. The lowest BCUT2D eigenvalue weighted by molar-refractivity contribution is 0.0600. The van der Waals surface area contributed by atoms with Gasteiger partial charge in [-0.1, -0.05) is 12.1 Å². The summed E-state index contributed by atoms with van der Waals surface area (Å²) >= 11 is 0. The minimum absolute atomic E-state index is 0.277. The third kappa shape index (κ3) is 2.18. The molecule has 0 spiro atoms. The van der Waals surface area contributed by atoms with Gasteiger partial charge in [0.15, 0.2) is 0 Å². The van der Waals surface area contributed by atoms with E-state index in [1.165, 1.54) is 25.5 Å². The van der Waals surface area contributed by atoms with Crippen LogP contribution in [0.3, 0.4) is 0 Å². The van der Waals surface area contributed by atoms with Gasteiger partial charge < -0.3 is 10.1 Å². The summed E-state index contributed by atoms with van der Waals surface area (Å²) in [4.78, 5) is 11.2. The van der Waals surface area contributed by atoms with E-state index in [1.807, 2.05) is 24.3 Å². The molecule has 3 nitrogen and oxygen atoms in total. The molecule has 80 valence electrons. The number of esters is 1. The van der Waals surface area contributed by atoms with Gasteiger partial charge in [-0.3, -0.25) is 0 Å². The number of carbonyl (C=O) groups excluding carboxylic acids is 1. The summed E-state index contributed by atoms with van der Waals surface area (Å²) in [5, 5.41) is 3.42. The van der Waals surface area contributed by atoms with E-state index in [9.17, 15) is 4.79 Å². The Morgan fingerprint density at radius 2 is 2.13 bits per heavy atom. The monoisotopic (exact) mass is 205 g/mol. The quantitative estimate of drug-likeness (QED) is 0.749. The van der Waals surface area contributed by atoms with E-state index in [0.717, 1.165) is 6.54 Å². The van der Waals surface area contributed by atoms with Crippen molar-refractivity contribution < 1.29 is 9.53 Å². The molecule has 1 N–H and O–H groups in total. The van der Waals surface area contributed by atoms with Crippen LogP contribution >= 0.6 is 0 Å². The highest BCUT2D eigenvalue weighted by molar-refractivity contribution is 5.89. The molecule has 1 fully saturated rings. The Bertz CT molecular complexity index is 339. The van der Waals surface area contributed by atoms with Gasteiger partial charge >= 0.3 is 5.97 Å². The van der Waals surface area contributed by atoms with Crippen molar-refractivity contribution in [2.75, 3.05) is 13.7 Å². The SMILES string of the molecule is COC(=O)c1ccc(C2CCCN2)cc1. The first-order valence-electron chi connectivity index (χ1n) is 5.23. The molecule has 1 heterocycles. The maximum atomic E-state index is 11.2. The van der Waals surface area contributed by atoms with Crippen molar-refractivity contribution in [3.63, 3.8) is 0 Å². The topological polar surface area (TPSA) is 38.3 Å². The fourth-order valence-electron chi connectivity index (χ4n) is 1.94. The molecule has 1 aliphatic rings. The maximum absolute atomic E-state index is 11.2. The summed E-state index contributed by atoms with van der Waals surface area (Å²) in [7, 11) is 1.40. The van der Waals surface area contributed by atoms with E-state index >= 15 is 0 Å². The third-order valence-electron chi connectivity index (χ3n) is 2.79. The third-order valence-corrected chi connectivity index (χ3v) is 2.79. The molecule has 1 unspecified atom stereocenters. The molecule has 1 saturated heterocycles. The average molecular weight is 205 g/mol. The summed E-state index contributed by atoms with van der Waals surface area (Å²) in [5.41, 5.74) is 1.86. The zero-order valence-corrected chi connectivity index (χ0v) is 8.82. The van der Waals surface area contributed by atoms with Gasteiger partial charge in [0.05, 0.1) is 12.7 Å². The van der Waals surface area contributed by atoms with Crippen LogP contribution in [0.4, 0.5) is 0 Å². The highest BCUT2D eigenvalue weighted by Crippen LogP contribution is 2.23. The first-order valence-corrected chi connectivity index (χ1v) is 5.23. The number of ether oxygens (including phenoxy) is 1. The number of hydrogen-bond acceptors (Lipinski definition) is 3. The minimum atomic E-state index is -0.277. The van der Waals surface area contributed by atoms with E-state index in [1.54, 1.807) is 0 Å². The fourth-order valence-corrected chi connectivity index (χ4v) is 1.94. The van der Waals surface area contributed by atoms with Crippen molar-refractivity contribution in [2.24, 2.45) is 0 Å². The molecule has 0 radical (unpaired) electrons. The summed E-state index contributed by atoms with van der Waals surface area (Å²) in [6, 6.07) is 8.09. The predicted octanol–water partition coefficient (Wildman–Crippen LogP) is 1.90. The lowest BCUT2D eigenvalue weighted by Gasteiger charge is -2.10. The summed E-state index contributed by atoms with van der Waals surface area (Å²) in [6.45, 7) is 1.09. The molecular formula is C12H15NO2. The first-order chi connectivity index (χ1) is 7.31. The second kappa shape index (κ2) is 4.45. The summed E-state index contributed by atoms with van der Waals surface area (Å²) in [6.07, 6.45) is 2.40. The molecule has 1 aromatic carbocycles. The van der Waals surface area contributed by atoms with Gasteiger partial charge in [-0.25, -0.2) is 4.79 Å². The second-order valence-corrected chi connectivity index (χ2v) is 3.76. The van der Waals surface area contributed by atoms with Crippen LogP contribution in [0.5, 0.6) is 0 Å². The lowest BCUT2D eigenvalue weighted by atomic mass is 10.0. The molecule has 3 heteroatoms. The van der Waals surface area contributed by atoms with Gasteiger partial charge in [0.1, 0.15) is 0 Å². The van der Waals surface area contributed by atoms with E-state index in [4.69, 9.17) is 0 Å². The highest BCUT2D eigenvalue weighted by Gasteiger charge is 2.16. The number of hydrogen-bond donors (Lipinski definition) is 1. The van der Waals surface area contributed by atoms with Gasteiger partial charge in [0.25, 0.3) is 0 Å². The van der Waals surface area contributed by atoms with E-state index in [-0.39, 0.29) is 5.97 Å². The van der Waals surface area contributed by atoms with Gasteiger partial charge in [0.2, 0.25) is 0 Å². The average Bonchev–Trinajstić information content (AvgIpc) is 2.82. The summed E-state index contributed by atoms with van der Waals surface area (Å²) < 4.78 is 4.65. The molecule has 0 saturated carbocycles. The van der Waals surface area contributed by atoms with Crippen LogP contribution in [-0.4, -0.2) is 19.6 Å². The van der Waals surface area contributed by atoms with Gasteiger partial charge in [-0.15, -0.1) is 0 Å². The Labute approximate surface area is 89.4 Å².